The van der Waals surface area contributed by atoms with Gasteiger partial charge in [0.05, 0.1) is 5.60 Å². The molecule has 0 radical (unpaired) electrons. The highest BCUT2D eigenvalue weighted by Crippen LogP contribution is 2.38. The van der Waals surface area contributed by atoms with Crippen LogP contribution in [-0.4, -0.2) is 17.3 Å². The summed E-state index contributed by atoms with van der Waals surface area (Å²) in [5.74, 6) is 0.303. The van der Waals surface area contributed by atoms with Gasteiger partial charge in [-0.2, -0.15) is 0 Å². The molecule has 0 aromatic heterocycles. The van der Waals surface area contributed by atoms with E-state index in [0.29, 0.717) is 12.5 Å². The number of aliphatic hydroxyl groups is 1. The van der Waals surface area contributed by atoms with Crippen LogP contribution in [0.3, 0.4) is 0 Å². The minimum Gasteiger partial charge on any atom is -0.388 e. The smallest absolute Gasteiger partial charge is 0.0845 e. The van der Waals surface area contributed by atoms with E-state index in [0.717, 1.165) is 12.8 Å². The molecular weight excluding hydrogens is 162 g/mol. The molecule has 0 aliphatic heterocycles. The zero-order chi connectivity index (χ0) is 10.7. The molecule has 1 unspecified atom stereocenters. The Morgan fingerprint density at radius 3 is 1.62 bits per heavy atom. The third-order valence-electron chi connectivity index (χ3n) is 3.27. The average molecular weight is 187 g/mol. The summed E-state index contributed by atoms with van der Waals surface area (Å²) >= 11 is 0. The minimum atomic E-state index is -0.726. The van der Waals surface area contributed by atoms with E-state index in [1.807, 2.05) is 0 Å². The molecule has 0 saturated heterocycles. The van der Waals surface area contributed by atoms with Crippen LogP contribution in [0.15, 0.2) is 0 Å². The lowest BCUT2D eigenvalue weighted by Gasteiger charge is -2.45. The Labute approximate surface area is 82.5 Å². The summed E-state index contributed by atoms with van der Waals surface area (Å²) in [6.45, 7) is 10.7. The molecule has 0 aromatic carbocycles. The van der Waals surface area contributed by atoms with Gasteiger partial charge in [0.2, 0.25) is 0 Å². The molecule has 2 heteroatoms. The summed E-state index contributed by atoms with van der Waals surface area (Å²) < 4.78 is 0. The highest BCUT2D eigenvalue weighted by atomic mass is 16.3. The Morgan fingerprint density at radius 2 is 1.54 bits per heavy atom. The van der Waals surface area contributed by atoms with Gasteiger partial charge in [-0.15, -0.1) is 0 Å². The van der Waals surface area contributed by atoms with Crippen LogP contribution in [0.5, 0.6) is 0 Å². The zero-order valence-electron chi connectivity index (χ0n) is 9.72. The lowest BCUT2D eigenvalue weighted by atomic mass is 9.67. The molecule has 0 aliphatic carbocycles. The highest BCUT2D eigenvalue weighted by molar-refractivity contribution is 4.95. The number of nitrogens with two attached hydrogens (primary N) is 1. The lowest BCUT2D eigenvalue weighted by molar-refractivity contribution is -0.0989. The van der Waals surface area contributed by atoms with E-state index in [4.69, 9.17) is 5.73 Å². The van der Waals surface area contributed by atoms with Crippen LogP contribution in [0.4, 0.5) is 0 Å². The van der Waals surface area contributed by atoms with Gasteiger partial charge in [-0.25, -0.2) is 0 Å². The standard InChI is InChI=1S/C11H25NO/c1-6-9(7-2)11(13,8-12)10(3,4)5/h9,13H,6-8,12H2,1-5H3. The molecule has 0 heterocycles. The number of rotatable bonds is 4. The monoisotopic (exact) mass is 187 g/mol. The molecule has 0 aromatic rings. The molecule has 0 aliphatic rings. The van der Waals surface area contributed by atoms with Gasteiger partial charge in [0, 0.05) is 6.54 Å². The van der Waals surface area contributed by atoms with Crippen LogP contribution in [0.1, 0.15) is 47.5 Å². The molecule has 0 saturated carbocycles. The molecule has 0 spiro atoms. The van der Waals surface area contributed by atoms with E-state index in [1.165, 1.54) is 0 Å². The second-order valence-corrected chi connectivity index (χ2v) is 4.89. The van der Waals surface area contributed by atoms with Gasteiger partial charge in [-0.3, -0.25) is 0 Å². The largest absolute Gasteiger partial charge is 0.388 e. The topological polar surface area (TPSA) is 46.2 Å². The average Bonchev–Trinajstić information content (AvgIpc) is 2.04. The maximum absolute atomic E-state index is 10.5. The molecule has 0 amide bonds. The first-order chi connectivity index (χ1) is 5.83. The predicted octanol–water partition coefficient (Wildman–Crippen LogP) is 2.16. The van der Waals surface area contributed by atoms with Crippen molar-refractivity contribution in [2.24, 2.45) is 17.1 Å². The maximum Gasteiger partial charge on any atom is 0.0845 e. The summed E-state index contributed by atoms with van der Waals surface area (Å²) in [7, 11) is 0. The van der Waals surface area contributed by atoms with E-state index in [2.05, 4.69) is 34.6 Å². The molecule has 2 nitrogen and oxygen atoms in total. The fraction of sp³-hybridized carbons (Fsp3) is 1.00. The Bertz CT molecular complexity index is 147. The Morgan fingerprint density at radius 1 is 1.15 bits per heavy atom. The number of hydrogen-bond acceptors (Lipinski definition) is 2. The predicted molar refractivity (Wildman–Crippen MR) is 57.5 cm³/mol. The molecule has 0 rings (SSSR count). The van der Waals surface area contributed by atoms with Crippen LogP contribution in [0.2, 0.25) is 0 Å². The second kappa shape index (κ2) is 4.43. The Balaban J connectivity index is 4.80. The summed E-state index contributed by atoms with van der Waals surface area (Å²) in [6.07, 6.45) is 1.98. The van der Waals surface area contributed by atoms with Crippen molar-refractivity contribution in [3.63, 3.8) is 0 Å². The van der Waals surface area contributed by atoms with E-state index >= 15 is 0 Å². The van der Waals surface area contributed by atoms with E-state index < -0.39 is 5.60 Å². The first kappa shape index (κ1) is 12.9. The van der Waals surface area contributed by atoms with Crippen molar-refractivity contribution >= 4 is 0 Å². The zero-order valence-corrected chi connectivity index (χ0v) is 9.72. The van der Waals surface area contributed by atoms with Gasteiger partial charge in [0.15, 0.2) is 0 Å². The van der Waals surface area contributed by atoms with Gasteiger partial charge in [0.25, 0.3) is 0 Å². The van der Waals surface area contributed by atoms with Gasteiger partial charge >= 0.3 is 0 Å². The molecule has 80 valence electrons. The van der Waals surface area contributed by atoms with E-state index in [1.54, 1.807) is 0 Å². The Kier molecular flexibility index (Phi) is 4.40. The fourth-order valence-corrected chi connectivity index (χ4v) is 2.05. The normalized spacial score (nSPS) is 17.5. The van der Waals surface area contributed by atoms with Gasteiger partial charge in [-0.05, 0) is 11.3 Å². The summed E-state index contributed by atoms with van der Waals surface area (Å²) in [4.78, 5) is 0. The van der Waals surface area contributed by atoms with Crippen molar-refractivity contribution < 1.29 is 5.11 Å². The SMILES string of the molecule is CCC(CC)C(O)(CN)C(C)(C)C. The Hall–Kier alpha value is -0.0800. The molecule has 3 N–H and O–H groups in total. The molecule has 0 fully saturated rings. The maximum atomic E-state index is 10.5. The van der Waals surface area contributed by atoms with Crippen molar-refractivity contribution in [1.82, 2.24) is 0 Å². The van der Waals surface area contributed by atoms with Crippen molar-refractivity contribution in [3.05, 3.63) is 0 Å². The third kappa shape index (κ3) is 2.44. The van der Waals surface area contributed by atoms with Crippen LogP contribution in [0, 0.1) is 11.3 Å². The molecule has 1 atom stereocenters. The van der Waals surface area contributed by atoms with Crippen LogP contribution >= 0.6 is 0 Å². The van der Waals surface area contributed by atoms with Crippen molar-refractivity contribution in [2.45, 2.75) is 53.1 Å². The first-order valence-electron chi connectivity index (χ1n) is 5.25. The minimum absolute atomic E-state index is 0.140. The van der Waals surface area contributed by atoms with Crippen LogP contribution in [0.25, 0.3) is 0 Å². The third-order valence-corrected chi connectivity index (χ3v) is 3.27. The second-order valence-electron chi connectivity index (χ2n) is 4.89. The summed E-state index contributed by atoms with van der Waals surface area (Å²) in [6, 6.07) is 0. The molecule has 0 bridgehead atoms. The lowest BCUT2D eigenvalue weighted by Crippen LogP contribution is -2.54. The summed E-state index contributed by atoms with van der Waals surface area (Å²) in [5, 5.41) is 10.5. The number of hydrogen-bond donors (Lipinski definition) is 2. The van der Waals surface area contributed by atoms with E-state index in [9.17, 15) is 5.11 Å². The van der Waals surface area contributed by atoms with Crippen LogP contribution < -0.4 is 5.73 Å². The fourth-order valence-electron chi connectivity index (χ4n) is 2.05. The van der Waals surface area contributed by atoms with Crippen molar-refractivity contribution in [3.8, 4) is 0 Å². The molecular formula is C11H25NO. The van der Waals surface area contributed by atoms with Gasteiger partial charge in [0.1, 0.15) is 0 Å². The van der Waals surface area contributed by atoms with Crippen molar-refractivity contribution in [1.29, 1.82) is 0 Å². The highest BCUT2D eigenvalue weighted by Gasteiger charge is 2.43. The van der Waals surface area contributed by atoms with Crippen LogP contribution in [-0.2, 0) is 0 Å². The van der Waals surface area contributed by atoms with Gasteiger partial charge in [-0.1, -0.05) is 47.5 Å². The molecule has 13 heavy (non-hydrogen) atoms. The van der Waals surface area contributed by atoms with Crippen molar-refractivity contribution in [2.75, 3.05) is 6.54 Å². The van der Waals surface area contributed by atoms with E-state index in [-0.39, 0.29) is 5.41 Å². The first-order valence-corrected chi connectivity index (χ1v) is 5.25. The quantitative estimate of drug-likeness (QED) is 0.708. The van der Waals surface area contributed by atoms with Gasteiger partial charge < -0.3 is 10.8 Å². The summed E-state index contributed by atoms with van der Waals surface area (Å²) in [5.41, 5.74) is 4.83.